The summed E-state index contributed by atoms with van der Waals surface area (Å²) in [5, 5.41) is 4.90. The fourth-order valence-corrected chi connectivity index (χ4v) is 3.54. The highest BCUT2D eigenvalue weighted by atomic mass is 16.2. The highest BCUT2D eigenvalue weighted by molar-refractivity contribution is 5.91. The lowest BCUT2D eigenvalue weighted by molar-refractivity contribution is -0.125. The molecule has 3 aliphatic rings. The number of amides is 2. The van der Waals surface area contributed by atoms with E-state index in [9.17, 15) is 14.4 Å². The van der Waals surface area contributed by atoms with Gasteiger partial charge < -0.3 is 10.6 Å². The van der Waals surface area contributed by atoms with Gasteiger partial charge in [0.15, 0.2) is 5.78 Å². The van der Waals surface area contributed by atoms with E-state index < -0.39 is 0 Å². The van der Waals surface area contributed by atoms with Crippen LogP contribution in [0.15, 0.2) is 23.9 Å². The molecule has 0 bridgehead atoms. The lowest BCUT2D eigenvalue weighted by atomic mass is 9.62. The fourth-order valence-electron chi connectivity index (χ4n) is 3.54. The van der Waals surface area contributed by atoms with Crippen molar-refractivity contribution in [3.63, 3.8) is 0 Å². The maximum absolute atomic E-state index is 11.3. The standard InChI is InChI=1S/C12H18O.C6H8N2O2/c1-9-4-3-6-12(2)7-5-10(13)8-11(9)12;9-5-2-1-3-7-6(10)4-8-5/h8-9H,3-7H2,1-2H3;1,3H,2,4H2,(H,7,10)(H,8,9). The molecule has 1 aliphatic heterocycles. The molecule has 0 spiro atoms. The van der Waals surface area contributed by atoms with Gasteiger partial charge >= 0.3 is 0 Å². The van der Waals surface area contributed by atoms with Crippen LogP contribution in [0.4, 0.5) is 0 Å². The molecule has 2 aliphatic carbocycles. The van der Waals surface area contributed by atoms with E-state index in [2.05, 4.69) is 24.5 Å². The predicted octanol–water partition coefficient (Wildman–Crippen LogP) is 2.24. The van der Waals surface area contributed by atoms with Gasteiger partial charge in [-0.2, -0.15) is 0 Å². The molecule has 1 saturated carbocycles. The molecule has 2 atom stereocenters. The highest BCUT2D eigenvalue weighted by Crippen LogP contribution is 2.48. The van der Waals surface area contributed by atoms with Gasteiger partial charge in [-0.1, -0.05) is 31.9 Å². The zero-order valence-corrected chi connectivity index (χ0v) is 14.0. The zero-order chi connectivity index (χ0) is 16.9. The number of carbonyl (C=O) groups is 3. The molecule has 5 heteroatoms. The Morgan fingerprint density at radius 1 is 1.17 bits per heavy atom. The van der Waals surface area contributed by atoms with Crippen LogP contribution < -0.4 is 10.6 Å². The second-order valence-corrected chi connectivity index (χ2v) is 6.87. The molecule has 1 fully saturated rings. The van der Waals surface area contributed by atoms with Crippen molar-refractivity contribution in [2.24, 2.45) is 11.3 Å². The van der Waals surface area contributed by atoms with E-state index in [-0.39, 0.29) is 18.4 Å². The minimum Gasteiger partial charge on any atom is -0.347 e. The smallest absolute Gasteiger partial charge is 0.243 e. The number of ketones is 1. The van der Waals surface area contributed by atoms with Crippen LogP contribution in [-0.4, -0.2) is 24.1 Å². The molecule has 5 nitrogen and oxygen atoms in total. The van der Waals surface area contributed by atoms with Crippen molar-refractivity contribution in [2.45, 2.75) is 52.4 Å². The first kappa shape index (κ1) is 17.4. The minimum absolute atomic E-state index is 0.0726. The Morgan fingerprint density at radius 2 is 1.96 bits per heavy atom. The molecule has 2 amide bonds. The van der Waals surface area contributed by atoms with Crippen molar-refractivity contribution < 1.29 is 14.4 Å². The topological polar surface area (TPSA) is 75.3 Å². The van der Waals surface area contributed by atoms with E-state index in [1.54, 1.807) is 6.08 Å². The Kier molecular flexibility index (Phi) is 5.74. The van der Waals surface area contributed by atoms with Crippen LogP contribution in [0.25, 0.3) is 0 Å². The summed E-state index contributed by atoms with van der Waals surface area (Å²) >= 11 is 0. The second kappa shape index (κ2) is 7.57. The van der Waals surface area contributed by atoms with Crippen LogP contribution in [0.3, 0.4) is 0 Å². The zero-order valence-electron chi connectivity index (χ0n) is 14.0. The van der Waals surface area contributed by atoms with Gasteiger partial charge in [-0.3, -0.25) is 14.4 Å². The van der Waals surface area contributed by atoms with Crippen molar-refractivity contribution in [2.75, 3.05) is 6.54 Å². The maximum Gasteiger partial charge on any atom is 0.243 e. The van der Waals surface area contributed by atoms with E-state index in [1.807, 2.05) is 6.08 Å². The van der Waals surface area contributed by atoms with Gasteiger partial charge in [0.2, 0.25) is 11.8 Å². The summed E-state index contributed by atoms with van der Waals surface area (Å²) in [6.45, 7) is 4.67. The quantitative estimate of drug-likeness (QED) is 0.719. The van der Waals surface area contributed by atoms with Gasteiger partial charge in [0.05, 0.1) is 6.54 Å². The molecule has 2 unspecified atom stereocenters. The Bertz CT molecular complexity index is 530. The highest BCUT2D eigenvalue weighted by Gasteiger charge is 2.37. The molecule has 1 heterocycles. The molecule has 0 aromatic carbocycles. The Labute approximate surface area is 137 Å². The largest absolute Gasteiger partial charge is 0.347 e. The summed E-state index contributed by atoms with van der Waals surface area (Å²) in [5.41, 5.74) is 1.81. The van der Waals surface area contributed by atoms with Crippen LogP contribution >= 0.6 is 0 Å². The van der Waals surface area contributed by atoms with Crippen molar-refractivity contribution in [1.29, 1.82) is 0 Å². The van der Waals surface area contributed by atoms with Crippen molar-refractivity contribution in [3.05, 3.63) is 23.9 Å². The van der Waals surface area contributed by atoms with Crippen LogP contribution in [0.5, 0.6) is 0 Å². The van der Waals surface area contributed by atoms with Gasteiger partial charge in [0.1, 0.15) is 0 Å². The predicted molar refractivity (Wildman–Crippen MR) is 88.4 cm³/mol. The van der Waals surface area contributed by atoms with Gasteiger partial charge in [0.25, 0.3) is 0 Å². The normalized spacial score (nSPS) is 30.6. The number of allylic oxidation sites excluding steroid dienone is 2. The molecule has 23 heavy (non-hydrogen) atoms. The number of hydrogen-bond acceptors (Lipinski definition) is 3. The summed E-state index contributed by atoms with van der Waals surface area (Å²) < 4.78 is 0. The number of rotatable bonds is 0. The molecule has 0 radical (unpaired) electrons. The summed E-state index contributed by atoms with van der Waals surface area (Å²) in [6.07, 6.45) is 11.1. The molecule has 126 valence electrons. The molecule has 2 N–H and O–H groups in total. The number of hydrogen-bond donors (Lipinski definition) is 2. The monoisotopic (exact) mass is 318 g/mol. The molecular formula is C18H26N2O3. The van der Waals surface area contributed by atoms with E-state index in [1.165, 1.54) is 31.0 Å². The van der Waals surface area contributed by atoms with E-state index in [0.717, 1.165) is 12.8 Å². The van der Waals surface area contributed by atoms with E-state index >= 15 is 0 Å². The first-order chi connectivity index (χ1) is 10.9. The van der Waals surface area contributed by atoms with Gasteiger partial charge in [-0.05, 0) is 36.7 Å². The van der Waals surface area contributed by atoms with Crippen LogP contribution in [-0.2, 0) is 14.4 Å². The number of carbonyl (C=O) groups excluding carboxylic acids is 3. The molecule has 0 saturated heterocycles. The van der Waals surface area contributed by atoms with E-state index in [0.29, 0.717) is 23.5 Å². The summed E-state index contributed by atoms with van der Waals surface area (Å²) in [7, 11) is 0. The number of nitrogens with one attached hydrogen (secondary N) is 2. The molecular weight excluding hydrogens is 292 g/mol. The summed E-state index contributed by atoms with van der Waals surface area (Å²) in [4.78, 5) is 32.6. The van der Waals surface area contributed by atoms with Crippen molar-refractivity contribution >= 4 is 17.6 Å². The maximum atomic E-state index is 11.3. The Morgan fingerprint density at radius 3 is 2.74 bits per heavy atom. The van der Waals surface area contributed by atoms with E-state index in [4.69, 9.17) is 0 Å². The molecule has 3 rings (SSSR count). The third kappa shape index (κ3) is 4.78. The minimum atomic E-state index is -0.190. The van der Waals surface area contributed by atoms with Gasteiger partial charge in [0, 0.05) is 19.0 Å². The lowest BCUT2D eigenvalue weighted by Gasteiger charge is -2.42. The number of fused-ring (bicyclic) bond motifs is 1. The SMILES string of the molecule is CC1CCCC2(C)CCC(=O)C=C12.O=C1CNC(=O)CC=CN1. The van der Waals surface area contributed by atoms with Crippen LogP contribution in [0, 0.1) is 11.3 Å². The van der Waals surface area contributed by atoms with Crippen LogP contribution in [0.2, 0.25) is 0 Å². The van der Waals surface area contributed by atoms with Crippen LogP contribution in [0.1, 0.15) is 52.4 Å². The third-order valence-corrected chi connectivity index (χ3v) is 4.94. The summed E-state index contributed by atoms with van der Waals surface area (Å²) in [6, 6.07) is 0. The second-order valence-electron chi connectivity index (χ2n) is 6.87. The third-order valence-electron chi connectivity index (χ3n) is 4.94. The Balaban J connectivity index is 0.000000174. The average molecular weight is 318 g/mol. The van der Waals surface area contributed by atoms with Crippen molar-refractivity contribution in [3.8, 4) is 0 Å². The lowest BCUT2D eigenvalue weighted by Crippen LogP contribution is -2.36. The van der Waals surface area contributed by atoms with Crippen molar-refractivity contribution in [1.82, 2.24) is 10.6 Å². The molecule has 0 aromatic rings. The summed E-state index contributed by atoms with van der Waals surface area (Å²) in [5.74, 6) is 0.680. The fraction of sp³-hybridized carbons (Fsp3) is 0.611. The molecule has 0 aromatic heterocycles. The Hall–Kier alpha value is -1.91. The first-order valence-electron chi connectivity index (χ1n) is 8.37. The average Bonchev–Trinajstić information content (AvgIpc) is 2.50. The van der Waals surface area contributed by atoms with Gasteiger partial charge in [-0.25, -0.2) is 0 Å². The van der Waals surface area contributed by atoms with Gasteiger partial charge in [-0.15, -0.1) is 0 Å². The first-order valence-corrected chi connectivity index (χ1v) is 8.37.